The Labute approximate surface area is 123 Å². The predicted molar refractivity (Wildman–Crippen MR) is 80.4 cm³/mol. The first-order valence-corrected chi connectivity index (χ1v) is 8.07. The summed E-state index contributed by atoms with van der Waals surface area (Å²) < 4.78 is 28.2. The van der Waals surface area contributed by atoms with Crippen LogP contribution in [-0.2, 0) is 23.1 Å². The molecule has 112 valence electrons. The van der Waals surface area contributed by atoms with E-state index in [0.29, 0.717) is 12.2 Å². The molecular formula is C13H17N5O2S. The van der Waals surface area contributed by atoms with Crippen molar-refractivity contribution in [2.45, 2.75) is 18.0 Å². The monoisotopic (exact) mass is 307 g/mol. The molecule has 7 nitrogen and oxygen atoms in total. The number of hydrogen-bond acceptors (Lipinski definition) is 5. The molecule has 8 heteroatoms. The second-order valence-corrected chi connectivity index (χ2v) is 6.77. The fourth-order valence-electron chi connectivity index (χ4n) is 2.46. The number of nitrogens with one attached hydrogen (secondary N) is 1. The van der Waals surface area contributed by atoms with Crippen LogP contribution in [0, 0.1) is 0 Å². The van der Waals surface area contributed by atoms with E-state index in [2.05, 4.69) is 14.3 Å². The van der Waals surface area contributed by atoms with Gasteiger partial charge in [-0.1, -0.05) is 0 Å². The molecule has 1 aliphatic rings. The van der Waals surface area contributed by atoms with E-state index < -0.39 is 10.0 Å². The lowest BCUT2D eigenvalue weighted by Gasteiger charge is -2.30. The Kier molecular flexibility index (Phi) is 3.34. The molecule has 2 heterocycles. The van der Waals surface area contributed by atoms with Crippen molar-refractivity contribution in [2.24, 2.45) is 0 Å². The fourth-order valence-corrected chi connectivity index (χ4v) is 3.21. The molecule has 0 radical (unpaired) electrons. The highest BCUT2D eigenvalue weighted by Gasteiger charge is 2.21. The van der Waals surface area contributed by atoms with E-state index in [-0.39, 0.29) is 4.90 Å². The highest BCUT2D eigenvalue weighted by molar-refractivity contribution is 7.89. The van der Waals surface area contributed by atoms with Crippen LogP contribution in [0.3, 0.4) is 0 Å². The van der Waals surface area contributed by atoms with Crippen molar-refractivity contribution in [2.75, 3.05) is 24.2 Å². The average molecular weight is 307 g/mol. The van der Waals surface area contributed by atoms with Crippen LogP contribution in [0.5, 0.6) is 0 Å². The maximum Gasteiger partial charge on any atom is 0.240 e. The summed E-state index contributed by atoms with van der Waals surface area (Å²) in [6, 6.07) is 4.75. The van der Waals surface area contributed by atoms with Crippen LogP contribution >= 0.6 is 0 Å². The van der Waals surface area contributed by atoms with Gasteiger partial charge in [0.1, 0.15) is 5.82 Å². The van der Waals surface area contributed by atoms with Gasteiger partial charge in [0.05, 0.1) is 22.8 Å². The molecule has 0 atom stereocenters. The van der Waals surface area contributed by atoms with Crippen molar-refractivity contribution in [3.05, 3.63) is 36.4 Å². The van der Waals surface area contributed by atoms with Crippen molar-refractivity contribution in [1.82, 2.24) is 14.3 Å². The minimum atomic E-state index is -3.48. The minimum absolute atomic E-state index is 0.211. The number of benzene rings is 1. The summed E-state index contributed by atoms with van der Waals surface area (Å²) in [5.41, 5.74) is 7.30. The lowest BCUT2D eigenvalue weighted by atomic mass is 10.2. The van der Waals surface area contributed by atoms with Gasteiger partial charge in [0.25, 0.3) is 0 Å². The van der Waals surface area contributed by atoms with Gasteiger partial charge in [0, 0.05) is 25.5 Å². The third-order valence-electron chi connectivity index (χ3n) is 3.67. The molecule has 0 unspecified atom stereocenters. The summed E-state index contributed by atoms with van der Waals surface area (Å²) in [7, 11) is -2.09. The Morgan fingerprint density at radius 3 is 2.90 bits per heavy atom. The van der Waals surface area contributed by atoms with Crippen LogP contribution in [0.15, 0.2) is 35.5 Å². The number of sulfonamides is 1. The zero-order valence-corrected chi connectivity index (χ0v) is 12.5. The third-order valence-corrected chi connectivity index (χ3v) is 5.08. The summed E-state index contributed by atoms with van der Waals surface area (Å²) in [6.45, 7) is 2.18. The van der Waals surface area contributed by atoms with Crippen molar-refractivity contribution < 1.29 is 8.42 Å². The first kappa shape index (κ1) is 13.9. The maximum absolute atomic E-state index is 11.9. The van der Waals surface area contributed by atoms with Gasteiger partial charge < -0.3 is 15.2 Å². The second-order valence-electron chi connectivity index (χ2n) is 4.89. The van der Waals surface area contributed by atoms with E-state index in [4.69, 9.17) is 5.73 Å². The molecule has 1 aromatic heterocycles. The molecule has 2 aromatic rings. The standard InChI is InChI=1S/C13H17N5O2S/c1-15-21(19,20)10-2-3-11(14)12(8-10)18-7-6-17-5-4-16-13(17)9-18/h2-5,8,15H,6-7,9,14H2,1H3. The smallest absolute Gasteiger partial charge is 0.240 e. The van der Waals surface area contributed by atoms with Gasteiger partial charge in [-0.05, 0) is 25.2 Å². The summed E-state index contributed by atoms with van der Waals surface area (Å²) in [4.78, 5) is 6.56. The Morgan fingerprint density at radius 1 is 1.33 bits per heavy atom. The molecule has 0 aliphatic carbocycles. The molecule has 21 heavy (non-hydrogen) atoms. The van der Waals surface area contributed by atoms with Gasteiger partial charge in [0.15, 0.2) is 0 Å². The number of fused-ring (bicyclic) bond motifs is 1. The van der Waals surface area contributed by atoms with Crippen molar-refractivity contribution in [3.8, 4) is 0 Å². The quantitative estimate of drug-likeness (QED) is 0.800. The summed E-state index contributed by atoms with van der Waals surface area (Å²) in [5.74, 6) is 0.947. The fraction of sp³-hybridized carbons (Fsp3) is 0.308. The average Bonchev–Trinajstić information content (AvgIpc) is 2.95. The lowest BCUT2D eigenvalue weighted by molar-refractivity contribution is 0.560. The van der Waals surface area contributed by atoms with Gasteiger partial charge >= 0.3 is 0 Å². The van der Waals surface area contributed by atoms with E-state index in [1.807, 2.05) is 11.1 Å². The van der Waals surface area contributed by atoms with Crippen LogP contribution < -0.4 is 15.4 Å². The molecule has 0 bridgehead atoms. The van der Waals surface area contributed by atoms with Crippen LogP contribution in [0.1, 0.15) is 5.82 Å². The number of anilines is 2. The number of nitrogens with zero attached hydrogens (tertiary/aromatic N) is 3. The molecule has 0 amide bonds. The van der Waals surface area contributed by atoms with Crippen molar-refractivity contribution >= 4 is 21.4 Å². The van der Waals surface area contributed by atoms with Gasteiger partial charge in [-0.25, -0.2) is 18.1 Å². The van der Waals surface area contributed by atoms with E-state index >= 15 is 0 Å². The summed E-state index contributed by atoms with van der Waals surface area (Å²) in [5, 5.41) is 0. The van der Waals surface area contributed by atoms with Gasteiger partial charge in [-0.15, -0.1) is 0 Å². The number of nitrogens with two attached hydrogens (primary N) is 1. The van der Waals surface area contributed by atoms with E-state index in [1.54, 1.807) is 18.3 Å². The predicted octanol–water partition coefficient (Wildman–Crippen LogP) is 0.394. The third kappa shape index (κ3) is 2.47. The van der Waals surface area contributed by atoms with Crippen LogP contribution in [-0.4, -0.2) is 31.6 Å². The number of aromatic nitrogens is 2. The van der Waals surface area contributed by atoms with Crippen LogP contribution in [0.2, 0.25) is 0 Å². The van der Waals surface area contributed by atoms with Crippen molar-refractivity contribution in [1.29, 1.82) is 0 Å². The van der Waals surface area contributed by atoms with Crippen LogP contribution in [0.4, 0.5) is 11.4 Å². The minimum Gasteiger partial charge on any atom is -0.397 e. The van der Waals surface area contributed by atoms with E-state index in [1.165, 1.54) is 13.1 Å². The number of nitrogen functional groups attached to an aromatic ring is 1. The zero-order valence-electron chi connectivity index (χ0n) is 11.7. The Balaban J connectivity index is 1.98. The van der Waals surface area contributed by atoms with Gasteiger partial charge in [-0.3, -0.25) is 0 Å². The van der Waals surface area contributed by atoms with Gasteiger partial charge in [0.2, 0.25) is 10.0 Å². The molecule has 0 saturated heterocycles. The topological polar surface area (TPSA) is 93.2 Å². The number of rotatable bonds is 3. The zero-order chi connectivity index (χ0) is 15.0. The molecule has 3 N–H and O–H groups in total. The first-order valence-electron chi connectivity index (χ1n) is 6.59. The Hall–Kier alpha value is -2.06. The summed E-state index contributed by atoms with van der Waals surface area (Å²) >= 11 is 0. The molecule has 0 saturated carbocycles. The normalized spacial score (nSPS) is 15.0. The van der Waals surface area contributed by atoms with E-state index in [9.17, 15) is 8.42 Å². The van der Waals surface area contributed by atoms with Crippen LogP contribution in [0.25, 0.3) is 0 Å². The molecule has 0 fully saturated rings. The molecule has 1 aliphatic heterocycles. The number of hydrogen-bond donors (Lipinski definition) is 2. The Bertz CT molecular complexity index is 769. The molecule has 3 rings (SSSR count). The Morgan fingerprint density at radius 2 is 2.14 bits per heavy atom. The van der Waals surface area contributed by atoms with E-state index in [0.717, 1.165) is 24.6 Å². The SMILES string of the molecule is CNS(=O)(=O)c1ccc(N)c(N2CCn3ccnc3C2)c1. The first-order chi connectivity index (χ1) is 10.0. The van der Waals surface area contributed by atoms with Crippen molar-refractivity contribution in [3.63, 3.8) is 0 Å². The highest BCUT2D eigenvalue weighted by atomic mass is 32.2. The highest BCUT2D eigenvalue weighted by Crippen LogP contribution is 2.29. The lowest BCUT2D eigenvalue weighted by Crippen LogP contribution is -2.34. The largest absolute Gasteiger partial charge is 0.397 e. The second kappa shape index (κ2) is 5.05. The molecule has 1 aromatic carbocycles. The van der Waals surface area contributed by atoms with Gasteiger partial charge in [-0.2, -0.15) is 0 Å². The molecular weight excluding hydrogens is 290 g/mol. The molecule has 0 spiro atoms. The maximum atomic E-state index is 11.9. The summed E-state index contributed by atoms with van der Waals surface area (Å²) in [6.07, 6.45) is 3.71. The number of imidazole rings is 1.